The first-order chi connectivity index (χ1) is 13.4. The van der Waals surface area contributed by atoms with Crippen molar-refractivity contribution in [2.24, 2.45) is 0 Å². The summed E-state index contributed by atoms with van der Waals surface area (Å²) in [7, 11) is 0. The number of thioether (sulfide) groups is 1. The van der Waals surface area contributed by atoms with E-state index in [2.05, 4.69) is 4.98 Å². The lowest BCUT2D eigenvalue weighted by molar-refractivity contribution is -0.384. The van der Waals surface area contributed by atoms with Crippen LogP contribution in [0, 0.1) is 10.1 Å². The predicted octanol–water partition coefficient (Wildman–Crippen LogP) is 4.40. The van der Waals surface area contributed by atoms with E-state index in [4.69, 9.17) is 4.74 Å². The second-order valence-electron chi connectivity index (χ2n) is 6.47. The standard InChI is InChI=1S/C20H21N3O4S/c1-4-22-19(24)16-7-5-6-8-17(16)21-20(22)28-12-14-11-15(23(25)26)9-10-18(14)27-13(2)3/h5-11,13H,4,12H2,1-3H3. The molecule has 0 spiro atoms. The lowest BCUT2D eigenvalue weighted by Gasteiger charge is -2.15. The number of nitro groups is 1. The fourth-order valence-electron chi connectivity index (χ4n) is 2.84. The minimum atomic E-state index is -0.427. The third-order valence-corrected chi connectivity index (χ3v) is 5.14. The van der Waals surface area contributed by atoms with Crippen LogP contribution in [-0.2, 0) is 12.3 Å². The number of hydrogen-bond donors (Lipinski definition) is 0. The Morgan fingerprint density at radius 1 is 1.25 bits per heavy atom. The Balaban J connectivity index is 1.98. The quantitative estimate of drug-likeness (QED) is 0.253. The van der Waals surface area contributed by atoms with Crippen molar-refractivity contribution in [1.82, 2.24) is 9.55 Å². The fraction of sp³-hybridized carbons (Fsp3) is 0.300. The highest BCUT2D eigenvalue weighted by Gasteiger charge is 2.16. The molecule has 3 aromatic rings. The number of ether oxygens (including phenoxy) is 1. The highest BCUT2D eigenvalue weighted by molar-refractivity contribution is 7.98. The molecule has 0 fully saturated rings. The van der Waals surface area contributed by atoms with Crippen LogP contribution in [0.1, 0.15) is 26.3 Å². The summed E-state index contributed by atoms with van der Waals surface area (Å²) in [6, 6.07) is 11.8. The van der Waals surface area contributed by atoms with Crippen molar-refractivity contribution >= 4 is 28.4 Å². The Morgan fingerprint density at radius 2 is 2.00 bits per heavy atom. The van der Waals surface area contributed by atoms with Crippen LogP contribution in [0.3, 0.4) is 0 Å². The summed E-state index contributed by atoms with van der Waals surface area (Å²) in [6.07, 6.45) is -0.0576. The Kier molecular flexibility index (Phi) is 5.99. The Bertz CT molecular complexity index is 1080. The van der Waals surface area contributed by atoms with E-state index in [0.29, 0.717) is 39.7 Å². The molecule has 0 radical (unpaired) electrons. The van der Waals surface area contributed by atoms with Crippen molar-refractivity contribution in [3.8, 4) is 5.75 Å². The zero-order valence-corrected chi connectivity index (χ0v) is 16.7. The van der Waals surface area contributed by atoms with E-state index < -0.39 is 4.92 Å². The van der Waals surface area contributed by atoms with Gasteiger partial charge in [0.05, 0.1) is 21.9 Å². The summed E-state index contributed by atoms with van der Waals surface area (Å²) in [5.74, 6) is 0.994. The molecular weight excluding hydrogens is 378 g/mol. The van der Waals surface area contributed by atoms with Crippen molar-refractivity contribution in [1.29, 1.82) is 0 Å². The number of fused-ring (bicyclic) bond motifs is 1. The number of aromatic nitrogens is 2. The molecule has 1 heterocycles. The summed E-state index contributed by atoms with van der Waals surface area (Å²) in [5, 5.41) is 12.3. The van der Waals surface area contributed by atoms with Crippen LogP contribution in [0.4, 0.5) is 5.69 Å². The number of rotatable bonds is 7. The monoisotopic (exact) mass is 399 g/mol. The van der Waals surface area contributed by atoms with Crippen molar-refractivity contribution in [2.75, 3.05) is 0 Å². The van der Waals surface area contributed by atoms with Crippen LogP contribution >= 0.6 is 11.8 Å². The lowest BCUT2D eigenvalue weighted by atomic mass is 10.2. The van der Waals surface area contributed by atoms with Crippen LogP contribution < -0.4 is 10.3 Å². The van der Waals surface area contributed by atoms with E-state index in [1.807, 2.05) is 39.0 Å². The van der Waals surface area contributed by atoms with Gasteiger partial charge in [0.2, 0.25) is 0 Å². The maximum Gasteiger partial charge on any atom is 0.270 e. The largest absolute Gasteiger partial charge is 0.491 e. The second-order valence-corrected chi connectivity index (χ2v) is 7.41. The van der Waals surface area contributed by atoms with E-state index in [-0.39, 0.29) is 17.4 Å². The van der Waals surface area contributed by atoms with Gasteiger partial charge in [-0.1, -0.05) is 23.9 Å². The first-order valence-electron chi connectivity index (χ1n) is 8.97. The molecule has 8 heteroatoms. The minimum absolute atomic E-state index is 0.00561. The molecule has 0 N–H and O–H groups in total. The summed E-state index contributed by atoms with van der Waals surface area (Å²) in [5.41, 5.74) is 1.25. The van der Waals surface area contributed by atoms with Gasteiger partial charge in [-0.2, -0.15) is 0 Å². The lowest BCUT2D eigenvalue weighted by Crippen LogP contribution is -2.22. The molecular formula is C20H21N3O4S. The molecule has 2 aromatic carbocycles. The van der Waals surface area contributed by atoms with Crippen molar-refractivity contribution in [2.45, 2.75) is 44.3 Å². The van der Waals surface area contributed by atoms with Crippen LogP contribution in [0.15, 0.2) is 52.4 Å². The maximum atomic E-state index is 12.7. The third kappa shape index (κ3) is 4.17. The van der Waals surface area contributed by atoms with Gasteiger partial charge in [0.15, 0.2) is 5.16 Å². The molecule has 146 valence electrons. The molecule has 1 aromatic heterocycles. The molecule has 3 rings (SSSR count). The molecule has 0 atom stereocenters. The molecule has 0 aliphatic heterocycles. The van der Waals surface area contributed by atoms with Gasteiger partial charge < -0.3 is 4.74 Å². The molecule has 0 saturated heterocycles. The smallest absolute Gasteiger partial charge is 0.270 e. The van der Waals surface area contributed by atoms with E-state index in [9.17, 15) is 14.9 Å². The van der Waals surface area contributed by atoms with Gasteiger partial charge in [-0.3, -0.25) is 19.5 Å². The number of para-hydroxylation sites is 1. The van der Waals surface area contributed by atoms with Crippen molar-refractivity contribution in [3.63, 3.8) is 0 Å². The fourth-order valence-corrected chi connectivity index (χ4v) is 3.88. The van der Waals surface area contributed by atoms with E-state index in [1.165, 1.54) is 23.9 Å². The number of hydrogen-bond acceptors (Lipinski definition) is 6. The highest BCUT2D eigenvalue weighted by Crippen LogP contribution is 2.31. The number of non-ortho nitro benzene ring substituents is 1. The van der Waals surface area contributed by atoms with Gasteiger partial charge in [0, 0.05) is 30.0 Å². The average molecular weight is 399 g/mol. The normalized spacial score (nSPS) is 11.1. The SMILES string of the molecule is CCn1c(SCc2cc([N+](=O)[O-])ccc2OC(C)C)nc2ccccc2c1=O. The molecule has 0 unspecified atom stereocenters. The summed E-state index contributed by atoms with van der Waals surface area (Å²) in [4.78, 5) is 28.1. The number of benzene rings is 2. The van der Waals surface area contributed by atoms with Crippen LogP contribution in [-0.4, -0.2) is 20.6 Å². The first kappa shape index (κ1) is 19.9. The van der Waals surface area contributed by atoms with E-state index in [0.717, 1.165) is 0 Å². The summed E-state index contributed by atoms with van der Waals surface area (Å²) in [6.45, 7) is 6.18. The topological polar surface area (TPSA) is 87.3 Å². The summed E-state index contributed by atoms with van der Waals surface area (Å²) >= 11 is 1.36. The van der Waals surface area contributed by atoms with Gasteiger partial charge in [0.1, 0.15) is 5.75 Å². The molecule has 7 nitrogen and oxygen atoms in total. The van der Waals surface area contributed by atoms with Crippen molar-refractivity contribution in [3.05, 3.63) is 68.5 Å². The minimum Gasteiger partial charge on any atom is -0.491 e. The van der Waals surface area contributed by atoms with Crippen LogP contribution in [0.5, 0.6) is 5.75 Å². The number of nitro benzene ring substituents is 1. The van der Waals surface area contributed by atoms with E-state index >= 15 is 0 Å². The number of nitrogens with zero attached hydrogens (tertiary/aromatic N) is 3. The zero-order valence-electron chi connectivity index (χ0n) is 15.9. The predicted molar refractivity (Wildman–Crippen MR) is 110 cm³/mol. The van der Waals surface area contributed by atoms with Gasteiger partial charge in [0.25, 0.3) is 11.2 Å². The molecule has 0 aliphatic rings. The van der Waals surface area contributed by atoms with Gasteiger partial charge in [-0.25, -0.2) is 4.98 Å². The Morgan fingerprint density at radius 3 is 2.68 bits per heavy atom. The zero-order chi connectivity index (χ0) is 20.3. The van der Waals surface area contributed by atoms with E-state index in [1.54, 1.807) is 16.7 Å². The molecule has 0 saturated carbocycles. The molecule has 0 bridgehead atoms. The second kappa shape index (κ2) is 8.43. The van der Waals surface area contributed by atoms with Gasteiger partial charge in [-0.15, -0.1) is 0 Å². The Labute approximate surface area is 166 Å². The first-order valence-corrected chi connectivity index (χ1v) is 9.95. The van der Waals surface area contributed by atoms with Crippen molar-refractivity contribution < 1.29 is 9.66 Å². The van der Waals surface area contributed by atoms with Crippen LogP contribution in [0.25, 0.3) is 10.9 Å². The molecule has 0 aliphatic carbocycles. The average Bonchev–Trinajstić information content (AvgIpc) is 2.66. The van der Waals surface area contributed by atoms with Gasteiger partial charge >= 0.3 is 0 Å². The molecule has 0 amide bonds. The van der Waals surface area contributed by atoms with Crippen LogP contribution in [0.2, 0.25) is 0 Å². The summed E-state index contributed by atoms with van der Waals surface area (Å²) < 4.78 is 7.41. The highest BCUT2D eigenvalue weighted by atomic mass is 32.2. The Hall–Kier alpha value is -2.87. The van der Waals surface area contributed by atoms with Gasteiger partial charge in [-0.05, 0) is 39.0 Å². The maximum absolute atomic E-state index is 12.7. The third-order valence-electron chi connectivity index (χ3n) is 4.12. The molecule has 28 heavy (non-hydrogen) atoms.